The number of hydrogen-bond donors (Lipinski definition) is 1. The van der Waals surface area contributed by atoms with Crippen molar-refractivity contribution in [3.05, 3.63) is 16.1 Å². The number of carbonyl (C=O) groups excluding carboxylic acids is 1. The van der Waals surface area contributed by atoms with Gasteiger partial charge in [0.15, 0.2) is 5.01 Å². The maximum Gasteiger partial charge on any atom is 0.277 e. The Balaban J connectivity index is 2.11. The van der Waals surface area contributed by atoms with Crippen molar-refractivity contribution in [2.75, 3.05) is 13.2 Å². The van der Waals surface area contributed by atoms with Gasteiger partial charge in [-0.25, -0.2) is 4.98 Å². The van der Waals surface area contributed by atoms with Gasteiger partial charge in [-0.15, -0.1) is 11.3 Å². The molecule has 5 heteroatoms. The average Bonchev–Trinajstić information content (AvgIpc) is 2.68. The van der Waals surface area contributed by atoms with E-state index in [9.17, 15) is 4.79 Å². The Morgan fingerprint density at radius 2 is 2.29 bits per heavy atom. The summed E-state index contributed by atoms with van der Waals surface area (Å²) in [5.74, 6) is 0.00131. The van der Waals surface area contributed by atoms with Crippen LogP contribution in [0.1, 0.15) is 34.3 Å². The maximum absolute atomic E-state index is 10.8. The van der Waals surface area contributed by atoms with Crippen LogP contribution in [0.5, 0.6) is 0 Å². The van der Waals surface area contributed by atoms with Crippen LogP contribution in [0, 0.1) is 0 Å². The molecule has 4 nitrogen and oxygen atoms in total. The summed E-state index contributed by atoms with van der Waals surface area (Å²) in [6, 6.07) is 0. The highest BCUT2D eigenvalue weighted by molar-refractivity contribution is 7.11. The van der Waals surface area contributed by atoms with E-state index in [0.717, 1.165) is 31.7 Å². The molecule has 2 rings (SSSR count). The van der Waals surface area contributed by atoms with Gasteiger partial charge in [0, 0.05) is 24.5 Å². The van der Waals surface area contributed by atoms with E-state index in [1.807, 2.05) is 5.38 Å². The Morgan fingerprint density at radius 3 is 2.86 bits per heavy atom. The molecule has 0 aromatic carbocycles. The van der Waals surface area contributed by atoms with Crippen molar-refractivity contribution in [3.63, 3.8) is 0 Å². The summed E-state index contributed by atoms with van der Waals surface area (Å²) in [7, 11) is 0. The number of nitrogens with two attached hydrogens (primary N) is 1. The third-order valence-corrected chi connectivity index (χ3v) is 3.25. The second-order valence-corrected chi connectivity index (χ2v) is 4.19. The van der Waals surface area contributed by atoms with Crippen LogP contribution in [0.4, 0.5) is 0 Å². The van der Waals surface area contributed by atoms with E-state index in [4.69, 9.17) is 10.5 Å². The Hall–Kier alpha value is -0.940. The number of nitrogens with zero attached hydrogens (tertiary/aromatic N) is 1. The van der Waals surface area contributed by atoms with E-state index in [1.165, 1.54) is 11.3 Å². The van der Waals surface area contributed by atoms with Gasteiger partial charge in [-0.3, -0.25) is 4.79 Å². The third kappa shape index (κ3) is 1.93. The molecule has 0 atom stereocenters. The maximum atomic E-state index is 10.8. The SMILES string of the molecule is NC(=O)c1nc(C2CCOCC2)cs1. The van der Waals surface area contributed by atoms with Crippen molar-refractivity contribution in [3.8, 4) is 0 Å². The number of primary amides is 1. The van der Waals surface area contributed by atoms with Crippen LogP contribution in [-0.4, -0.2) is 24.1 Å². The van der Waals surface area contributed by atoms with Crippen LogP contribution in [0.3, 0.4) is 0 Å². The normalized spacial score (nSPS) is 18.3. The smallest absolute Gasteiger partial charge is 0.277 e. The molecule has 1 saturated heterocycles. The predicted octanol–water partition coefficient (Wildman–Crippen LogP) is 1.14. The highest BCUT2D eigenvalue weighted by Gasteiger charge is 2.19. The lowest BCUT2D eigenvalue weighted by molar-refractivity contribution is 0.0845. The molecule has 1 fully saturated rings. The first-order valence-electron chi connectivity index (χ1n) is 4.60. The average molecular weight is 212 g/mol. The van der Waals surface area contributed by atoms with Crippen LogP contribution in [0.25, 0.3) is 0 Å². The molecule has 1 aliphatic rings. The quantitative estimate of drug-likeness (QED) is 0.799. The lowest BCUT2D eigenvalue weighted by Crippen LogP contribution is -2.15. The van der Waals surface area contributed by atoms with Crippen molar-refractivity contribution < 1.29 is 9.53 Å². The zero-order valence-electron chi connectivity index (χ0n) is 7.73. The third-order valence-electron chi connectivity index (χ3n) is 2.37. The van der Waals surface area contributed by atoms with E-state index < -0.39 is 5.91 Å². The Labute approximate surface area is 86.1 Å². The Bertz CT molecular complexity index is 331. The van der Waals surface area contributed by atoms with Gasteiger partial charge in [0.2, 0.25) is 0 Å². The summed E-state index contributed by atoms with van der Waals surface area (Å²) < 4.78 is 5.26. The van der Waals surface area contributed by atoms with Crippen LogP contribution in [0.2, 0.25) is 0 Å². The zero-order chi connectivity index (χ0) is 9.97. The highest BCUT2D eigenvalue weighted by Crippen LogP contribution is 2.27. The summed E-state index contributed by atoms with van der Waals surface area (Å²) in [6.07, 6.45) is 1.98. The van der Waals surface area contributed by atoms with Crippen LogP contribution < -0.4 is 5.73 Å². The molecule has 0 saturated carbocycles. The number of carbonyl (C=O) groups is 1. The van der Waals surface area contributed by atoms with E-state index in [-0.39, 0.29) is 0 Å². The van der Waals surface area contributed by atoms with E-state index in [2.05, 4.69) is 4.98 Å². The minimum Gasteiger partial charge on any atom is -0.381 e. The lowest BCUT2D eigenvalue weighted by Gasteiger charge is -2.19. The molecule has 76 valence electrons. The fraction of sp³-hybridized carbons (Fsp3) is 0.556. The number of hydrogen-bond acceptors (Lipinski definition) is 4. The number of aromatic nitrogens is 1. The van der Waals surface area contributed by atoms with Crippen LogP contribution in [0.15, 0.2) is 5.38 Å². The van der Waals surface area contributed by atoms with Gasteiger partial charge in [-0.05, 0) is 12.8 Å². The standard InChI is InChI=1S/C9H12N2O2S/c10-8(12)9-11-7(5-14-9)6-1-3-13-4-2-6/h5-6H,1-4H2,(H2,10,12). The van der Waals surface area contributed by atoms with Crippen LogP contribution >= 0.6 is 11.3 Å². The monoisotopic (exact) mass is 212 g/mol. The van der Waals surface area contributed by atoms with Gasteiger partial charge in [0.05, 0.1) is 5.69 Å². The first-order chi connectivity index (χ1) is 6.77. The molecular formula is C9H12N2O2S. The fourth-order valence-electron chi connectivity index (χ4n) is 1.58. The molecule has 1 aromatic rings. The van der Waals surface area contributed by atoms with Gasteiger partial charge in [0.25, 0.3) is 5.91 Å². The molecule has 1 aliphatic heterocycles. The molecule has 14 heavy (non-hydrogen) atoms. The van der Waals surface area contributed by atoms with Gasteiger partial charge in [0.1, 0.15) is 0 Å². The zero-order valence-corrected chi connectivity index (χ0v) is 8.55. The van der Waals surface area contributed by atoms with Gasteiger partial charge in [-0.2, -0.15) is 0 Å². The molecule has 2 heterocycles. The molecule has 0 aliphatic carbocycles. The lowest BCUT2D eigenvalue weighted by atomic mass is 9.98. The number of thiazole rings is 1. The molecule has 0 unspecified atom stereocenters. The molecule has 0 radical (unpaired) electrons. The van der Waals surface area contributed by atoms with E-state index >= 15 is 0 Å². The number of rotatable bonds is 2. The number of amides is 1. The van der Waals surface area contributed by atoms with Crippen LogP contribution in [-0.2, 0) is 4.74 Å². The van der Waals surface area contributed by atoms with E-state index in [0.29, 0.717) is 10.9 Å². The summed E-state index contributed by atoms with van der Waals surface area (Å²) in [4.78, 5) is 15.1. The van der Waals surface area contributed by atoms with Crippen molar-refractivity contribution in [2.24, 2.45) is 5.73 Å². The van der Waals surface area contributed by atoms with E-state index in [1.54, 1.807) is 0 Å². The van der Waals surface area contributed by atoms with Gasteiger partial charge < -0.3 is 10.5 Å². The van der Waals surface area contributed by atoms with Crippen molar-refractivity contribution in [1.82, 2.24) is 4.98 Å². The second-order valence-electron chi connectivity index (χ2n) is 3.33. The van der Waals surface area contributed by atoms with Crippen molar-refractivity contribution in [1.29, 1.82) is 0 Å². The summed E-state index contributed by atoms with van der Waals surface area (Å²) >= 11 is 1.32. The predicted molar refractivity (Wildman–Crippen MR) is 53.4 cm³/mol. The molecule has 0 bridgehead atoms. The summed E-state index contributed by atoms with van der Waals surface area (Å²) in [5.41, 5.74) is 6.13. The fourth-order valence-corrected chi connectivity index (χ4v) is 2.33. The molecule has 0 spiro atoms. The molecule has 1 amide bonds. The van der Waals surface area contributed by atoms with Gasteiger partial charge in [-0.1, -0.05) is 0 Å². The molecular weight excluding hydrogens is 200 g/mol. The number of ether oxygens (including phenoxy) is 1. The van der Waals surface area contributed by atoms with Crippen molar-refractivity contribution in [2.45, 2.75) is 18.8 Å². The minimum atomic E-state index is -0.437. The van der Waals surface area contributed by atoms with Crippen molar-refractivity contribution >= 4 is 17.2 Å². The first kappa shape index (κ1) is 9.61. The summed E-state index contributed by atoms with van der Waals surface area (Å²) in [6.45, 7) is 1.57. The summed E-state index contributed by atoms with van der Waals surface area (Å²) in [5, 5.41) is 2.34. The topological polar surface area (TPSA) is 65.2 Å². The Morgan fingerprint density at radius 1 is 1.57 bits per heavy atom. The molecule has 1 aromatic heterocycles. The van der Waals surface area contributed by atoms with Gasteiger partial charge >= 0.3 is 0 Å². The second kappa shape index (κ2) is 4.06. The Kier molecular flexibility index (Phi) is 2.79. The first-order valence-corrected chi connectivity index (χ1v) is 5.48. The minimum absolute atomic E-state index is 0.409. The molecule has 2 N–H and O–H groups in total. The largest absolute Gasteiger partial charge is 0.381 e. The highest BCUT2D eigenvalue weighted by atomic mass is 32.1.